The maximum absolute atomic E-state index is 5.40. The highest BCUT2D eigenvalue weighted by Gasteiger charge is 2.02. The van der Waals surface area contributed by atoms with Crippen LogP contribution in [0.15, 0.2) is 24.5 Å². The van der Waals surface area contributed by atoms with E-state index in [4.69, 9.17) is 5.73 Å². The van der Waals surface area contributed by atoms with Crippen molar-refractivity contribution in [1.29, 1.82) is 0 Å². The minimum atomic E-state index is 0.361. The summed E-state index contributed by atoms with van der Waals surface area (Å²) >= 11 is 0. The van der Waals surface area contributed by atoms with Crippen molar-refractivity contribution in [3.63, 3.8) is 0 Å². The van der Waals surface area contributed by atoms with Crippen molar-refractivity contribution < 1.29 is 0 Å². The predicted molar refractivity (Wildman–Crippen MR) is 54.3 cm³/mol. The quantitative estimate of drug-likeness (QED) is 0.665. The Morgan fingerprint density at radius 1 is 1.62 bits per heavy atom. The van der Waals surface area contributed by atoms with Gasteiger partial charge in [-0.25, -0.2) is 0 Å². The third-order valence-corrected chi connectivity index (χ3v) is 2.02. The average molecular weight is 179 g/mol. The molecule has 0 aliphatic carbocycles. The van der Waals surface area contributed by atoms with E-state index in [1.165, 1.54) is 5.56 Å². The van der Waals surface area contributed by atoms with Crippen LogP contribution in [0.2, 0.25) is 0 Å². The summed E-state index contributed by atoms with van der Waals surface area (Å²) in [6.07, 6.45) is 4.70. The van der Waals surface area contributed by atoms with E-state index >= 15 is 0 Å². The zero-order chi connectivity index (χ0) is 9.52. The fourth-order valence-electron chi connectivity index (χ4n) is 1.17. The molecule has 13 heavy (non-hydrogen) atoms. The number of rotatable bonds is 5. The van der Waals surface area contributed by atoms with Crippen LogP contribution < -0.4 is 11.1 Å². The van der Waals surface area contributed by atoms with Crippen molar-refractivity contribution in [2.45, 2.75) is 19.4 Å². The van der Waals surface area contributed by atoms with Gasteiger partial charge in [-0.2, -0.15) is 0 Å². The molecule has 0 spiro atoms. The van der Waals surface area contributed by atoms with Gasteiger partial charge in [0.05, 0.1) is 0 Å². The first kappa shape index (κ1) is 10.2. The lowest BCUT2D eigenvalue weighted by atomic mass is 10.1. The van der Waals surface area contributed by atoms with Crippen LogP contribution in [0.25, 0.3) is 0 Å². The molecule has 1 atom stereocenters. The fourth-order valence-corrected chi connectivity index (χ4v) is 1.17. The van der Waals surface area contributed by atoms with E-state index in [1.54, 1.807) is 6.20 Å². The normalized spacial score (nSPS) is 12.8. The molecular weight excluding hydrogens is 162 g/mol. The molecule has 1 rings (SSSR count). The van der Waals surface area contributed by atoms with Gasteiger partial charge in [0, 0.05) is 18.4 Å². The monoisotopic (exact) mass is 179 g/mol. The Labute approximate surface area is 79.4 Å². The molecule has 1 heterocycles. The SMILES string of the molecule is CC(NCCCN)c1cccnc1. The van der Waals surface area contributed by atoms with Gasteiger partial charge >= 0.3 is 0 Å². The molecule has 3 heteroatoms. The van der Waals surface area contributed by atoms with Gasteiger partial charge < -0.3 is 11.1 Å². The van der Waals surface area contributed by atoms with Crippen LogP contribution in [0.1, 0.15) is 24.9 Å². The number of hydrogen-bond donors (Lipinski definition) is 2. The van der Waals surface area contributed by atoms with Gasteiger partial charge in [0.15, 0.2) is 0 Å². The number of nitrogens with one attached hydrogen (secondary N) is 1. The van der Waals surface area contributed by atoms with Crippen LogP contribution in [0, 0.1) is 0 Å². The second-order valence-corrected chi connectivity index (χ2v) is 3.10. The number of aromatic nitrogens is 1. The minimum Gasteiger partial charge on any atom is -0.330 e. The van der Waals surface area contributed by atoms with Gasteiger partial charge in [-0.3, -0.25) is 4.98 Å². The van der Waals surface area contributed by atoms with Gasteiger partial charge in [0.25, 0.3) is 0 Å². The highest BCUT2D eigenvalue weighted by molar-refractivity contribution is 5.12. The fraction of sp³-hybridized carbons (Fsp3) is 0.500. The Balaban J connectivity index is 2.35. The highest BCUT2D eigenvalue weighted by atomic mass is 14.9. The summed E-state index contributed by atoms with van der Waals surface area (Å²) in [5, 5.41) is 3.38. The molecular formula is C10H17N3. The molecule has 0 bridgehead atoms. The molecule has 1 aromatic heterocycles. The summed E-state index contributed by atoms with van der Waals surface area (Å²) in [6.45, 7) is 3.84. The molecule has 0 saturated heterocycles. The molecule has 3 nitrogen and oxygen atoms in total. The lowest BCUT2D eigenvalue weighted by Crippen LogP contribution is -2.21. The van der Waals surface area contributed by atoms with E-state index < -0.39 is 0 Å². The van der Waals surface area contributed by atoms with E-state index in [-0.39, 0.29) is 0 Å². The van der Waals surface area contributed by atoms with Crippen LogP contribution in [0.3, 0.4) is 0 Å². The second kappa shape index (κ2) is 5.67. The van der Waals surface area contributed by atoms with E-state index in [0.717, 1.165) is 19.5 Å². The van der Waals surface area contributed by atoms with Crippen LogP contribution in [-0.4, -0.2) is 18.1 Å². The van der Waals surface area contributed by atoms with Crippen LogP contribution in [0.5, 0.6) is 0 Å². The third kappa shape index (κ3) is 3.53. The van der Waals surface area contributed by atoms with Crippen molar-refractivity contribution in [3.05, 3.63) is 30.1 Å². The summed E-state index contributed by atoms with van der Waals surface area (Å²) in [5.41, 5.74) is 6.62. The minimum absolute atomic E-state index is 0.361. The van der Waals surface area contributed by atoms with Crippen molar-refractivity contribution >= 4 is 0 Å². The van der Waals surface area contributed by atoms with Crippen molar-refractivity contribution in [2.75, 3.05) is 13.1 Å². The third-order valence-electron chi connectivity index (χ3n) is 2.02. The number of hydrogen-bond acceptors (Lipinski definition) is 3. The number of pyridine rings is 1. The Bertz CT molecular complexity index is 223. The zero-order valence-electron chi connectivity index (χ0n) is 8.03. The van der Waals surface area contributed by atoms with Crippen LogP contribution in [0.4, 0.5) is 0 Å². The molecule has 0 saturated carbocycles. The first-order valence-corrected chi connectivity index (χ1v) is 4.68. The second-order valence-electron chi connectivity index (χ2n) is 3.10. The van der Waals surface area contributed by atoms with Gasteiger partial charge in [-0.1, -0.05) is 6.07 Å². The standard InChI is InChI=1S/C10H17N3/c1-9(13-7-3-5-11)10-4-2-6-12-8-10/h2,4,6,8-9,13H,3,5,7,11H2,1H3. The smallest absolute Gasteiger partial charge is 0.0315 e. The van der Waals surface area contributed by atoms with E-state index in [2.05, 4.69) is 23.3 Å². The zero-order valence-corrected chi connectivity index (χ0v) is 8.03. The molecule has 1 unspecified atom stereocenters. The Hall–Kier alpha value is -0.930. The largest absolute Gasteiger partial charge is 0.330 e. The molecule has 0 fully saturated rings. The summed E-state index contributed by atoms with van der Waals surface area (Å²) in [5.74, 6) is 0. The topological polar surface area (TPSA) is 50.9 Å². The first-order valence-electron chi connectivity index (χ1n) is 4.68. The Kier molecular flexibility index (Phi) is 4.43. The van der Waals surface area contributed by atoms with Crippen LogP contribution >= 0.6 is 0 Å². The van der Waals surface area contributed by atoms with Gasteiger partial charge in [-0.15, -0.1) is 0 Å². The van der Waals surface area contributed by atoms with Crippen LogP contribution in [-0.2, 0) is 0 Å². The Morgan fingerprint density at radius 3 is 3.08 bits per heavy atom. The molecule has 72 valence electrons. The molecule has 0 amide bonds. The molecule has 0 aliphatic heterocycles. The molecule has 0 aliphatic rings. The summed E-state index contributed by atoms with van der Waals surface area (Å²) in [4.78, 5) is 4.07. The summed E-state index contributed by atoms with van der Waals surface area (Å²) < 4.78 is 0. The first-order chi connectivity index (χ1) is 6.34. The molecule has 0 radical (unpaired) electrons. The van der Waals surface area contributed by atoms with Gasteiger partial charge in [0.2, 0.25) is 0 Å². The van der Waals surface area contributed by atoms with Gasteiger partial charge in [0.1, 0.15) is 0 Å². The maximum Gasteiger partial charge on any atom is 0.0315 e. The molecule has 0 aromatic carbocycles. The summed E-state index contributed by atoms with van der Waals surface area (Å²) in [7, 11) is 0. The van der Waals surface area contributed by atoms with Gasteiger partial charge in [-0.05, 0) is 38.1 Å². The average Bonchev–Trinajstić information content (AvgIpc) is 2.19. The predicted octanol–water partition coefficient (Wildman–Crippen LogP) is 1.08. The van der Waals surface area contributed by atoms with Crippen molar-refractivity contribution in [3.8, 4) is 0 Å². The maximum atomic E-state index is 5.40. The van der Waals surface area contributed by atoms with E-state index in [0.29, 0.717) is 6.04 Å². The number of nitrogens with two attached hydrogens (primary N) is 1. The highest BCUT2D eigenvalue weighted by Crippen LogP contribution is 2.08. The van der Waals surface area contributed by atoms with E-state index in [9.17, 15) is 0 Å². The lowest BCUT2D eigenvalue weighted by Gasteiger charge is -2.12. The molecule has 1 aromatic rings. The number of nitrogens with zero attached hydrogens (tertiary/aromatic N) is 1. The van der Waals surface area contributed by atoms with Crippen molar-refractivity contribution in [1.82, 2.24) is 10.3 Å². The van der Waals surface area contributed by atoms with Crippen molar-refractivity contribution in [2.24, 2.45) is 5.73 Å². The Morgan fingerprint density at radius 2 is 2.46 bits per heavy atom. The van der Waals surface area contributed by atoms with E-state index in [1.807, 2.05) is 12.3 Å². The lowest BCUT2D eigenvalue weighted by molar-refractivity contribution is 0.560. The summed E-state index contributed by atoms with van der Waals surface area (Å²) in [6, 6.07) is 4.39. The molecule has 3 N–H and O–H groups in total.